The lowest BCUT2D eigenvalue weighted by Gasteiger charge is -2.22. The second-order valence-electron chi connectivity index (χ2n) is 3.53. The Morgan fingerprint density at radius 3 is 2.33 bits per heavy atom. The molecule has 1 atom stereocenters. The molecule has 0 aromatic heterocycles. The van der Waals surface area contributed by atoms with Gasteiger partial charge in [0.15, 0.2) is 0 Å². The Labute approximate surface area is 87.4 Å². The lowest BCUT2D eigenvalue weighted by molar-refractivity contribution is -0.153. The van der Waals surface area contributed by atoms with E-state index in [1.165, 1.54) is 0 Å². The molecule has 0 saturated heterocycles. The van der Waals surface area contributed by atoms with Crippen LogP contribution in [0.5, 0.6) is 0 Å². The van der Waals surface area contributed by atoms with Gasteiger partial charge in [0.2, 0.25) is 0 Å². The van der Waals surface area contributed by atoms with Crippen LogP contribution in [-0.4, -0.2) is 30.5 Å². The number of alkyl halides is 1. The normalized spacial score (nSPS) is 20.9. The van der Waals surface area contributed by atoms with Gasteiger partial charge in [-0.25, -0.2) is 9.18 Å². The summed E-state index contributed by atoms with van der Waals surface area (Å²) in [6.45, 7) is 0. The highest BCUT2D eigenvalue weighted by atomic mass is 32.2. The molecule has 1 unspecified atom stereocenters. The van der Waals surface area contributed by atoms with Crippen molar-refractivity contribution in [3.8, 4) is 0 Å². The van der Waals surface area contributed by atoms with E-state index >= 15 is 0 Å². The maximum absolute atomic E-state index is 12.7. The van der Waals surface area contributed by atoms with Gasteiger partial charge in [0.05, 0.1) is 0 Å². The SMILES string of the molecule is O=C(OC1CCCCC1)C(F)S(=O)(=O)O. The Kier molecular flexibility index (Phi) is 4.04. The highest BCUT2D eigenvalue weighted by Crippen LogP contribution is 2.21. The summed E-state index contributed by atoms with van der Waals surface area (Å²) in [6.07, 6.45) is 3.59. The third-order valence-electron chi connectivity index (χ3n) is 2.28. The van der Waals surface area contributed by atoms with Gasteiger partial charge in [0.25, 0.3) is 0 Å². The Balaban J connectivity index is 2.47. The zero-order valence-corrected chi connectivity index (χ0v) is 8.87. The summed E-state index contributed by atoms with van der Waals surface area (Å²) in [6, 6.07) is 0. The maximum Gasteiger partial charge on any atom is 0.359 e. The predicted octanol–water partition coefficient (Wildman–Crippen LogP) is 1.05. The standard InChI is InChI=1S/C8H13FO5S/c9-7(15(11,12)13)8(10)14-6-4-2-1-3-5-6/h6-7H,1-5H2,(H,11,12,13). The van der Waals surface area contributed by atoms with Crippen LogP contribution >= 0.6 is 0 Å². The minimum atomic E-state index is -4.99. The molecule has 1 N–H and O–H groups in total. The zero-order valence-electron chi connectivity index (χ0n) is 8.06. The van der Waals surface area contributed by atoms with Crippen LogP contribution in [0.2, 0.25) is 0 Å². The van der Waals surface area contributed by atoms with Crippen molar-refractivity contribution in [1.82, 2.24) is 0 Å². The van der Waals surface area contributed by atoms with E-state index in [2.05, 4.69) is 4.74 Å². The summed E-state index contributed by atoms with van der Waals surface area (Å²) in [4.78, 5) is 10.9. The fourth-order valence-corrected chi connectivity index (χ4v) is 1.82. The summed E-state index contributed by atoms with van der Waals surface area (Å²) < 4.78 is 46.2. The Morgan fingerprint density at radius 1 is 1.33 bits per heavy atom. The number of rotatable bonds is 3. The quantitative estimate of drug-likeness (QED) is 0.589. The van der Waals surface area contributed by atoms with Gasteiger partial charge in [-0.1, -0.05) is 6.42 Å². The molecule has 1 aliphatic rings. The average Bonchev–Trinajstić information content (AvgIpc) is 2.16. The Bertz CT molecular complexity index is 320. The van der Waals surface area contributed by atoms with Gasteiger partial charge in [-0.15, -0.1) is 0 Å². The molecule has 1 aliphatic carbocycles. The van der Waals surface area contributed by atoms with Crippen molar-refractivity contribution in [2.75, 3.05) is 0 Å². The molecule has 0 aromatic carbocycles. The fourth-order valence-electron chi connectivity index (χ4n) is 1.52. The molecule has 0 radical (unpaired) electrons. The molecule has 88 valence electrons. The molecule has 0 amide bonds. The van der Waals surface area contributed by atoms with Crippen LogP contribution in [-0.2, 0) is 19.6 Å². The molecule has 15 heavy (non-hydrogen) atoms. The molecular formula is C8H13FO5S. The second kappa shape index (κ2) is 4.89. The number of esters is 1. The monoisotopic (exact) mass is 240 g/mol. The van der Waals surface area contributed by atoms with Crippen molar-refractivity contribution in [2.45, 2.75) is 43.7 Å². The van der Waals surface area contributed by atoms with E-state index in [1.54, 1.807) is 0 Å². The summed E-state index contributed by atoms with van der Waals surface area (Å²) in [7, 11) is -4.99. The average molecular weight is 240 g/mol. The van der Waals surface area contributed by atoms with Gasteiger partial charge in [0.1, 0.15) is 6.10 Å². The highest BCUT2D eigenvalue weighted by Gasteiger charge is 2.34. The van der Waals surface area contributed by atoms with Crippen LogP contribution < -0.4 is 0 Å². The van der Waals surface area contributed by atoms with E-state index in [9.17, 15) is 17.6 Å². The Hall–Kier alpha value is -0.690. The first kappa shape index (κ1) is 12.4. The van der Waals surface area contributed by atoms with Crippen LogP contribution in [0, 0.1) is 0 Å². The third kappa shape index (κ3) is 3.75. The van der Waals surface area contributed by atoms with E-state index in [0.29, 0.717) is 12.8 Å². The first-order valence-electron chi connectivity index (χ1n) is 4.72. The van der Waals surface area contributed by atoms with Crippen LogP contribution in [0.4, 0.5) is 4.39 Å². The smallest absolute Gasteiger partial charge is 0.359 e. The molecule has 0 bridgehead atoms. The lowest BCUT2D eigenvalue weighted by Crippen LogP contribution is -2.31. The summed E-state index contributed by atoms with van der Waals surface area (Å²) >= 11 is 0. The number of hydrogen-bond donors (Lipinski definition) is 1. The summed E-state index contributed by atoms with van der Waals surface area (Å²) in [5.41, 5.74) is -2.99. The molecule has 1 saturated carbocycles. The molecular weight excluding hydrogens is 227 g/mol. The number of carbonyl (C=O) groups excluding carboxylic acids is 1. The topological polar surface area (TPSA) is 80.7 Å². The molecule has 0 aliphatic heterocycles. The van der Waals surface area contributed by atoms with Crippen LogP contribution in [0.25, 0.3) is 0 Å². The lowest BCUT2D eigenvalue weighted by atomic mass is 9.98. The fraction of sp³-hybridized carbons (Fsp3) is 0.875. The van der Waals surface area contributed by atoms with E-state index in [0.717, 1.165) is 19.3 Å². The number of ether oxygens (including phenoxy) is 1. The largest absolute Gasteiger partial charge is 0.459 e. The van der Waals surface area contributed by atoms with E-state index in [1.807, 2.05) is 0 Å². The highest BCUT2D eigenvalue weighted by molar-refractivity contribution is 7.87. The molecule has 5 nitrogen and oxygen atoms in total. The van der Waals surface area contributed by atoms with Crippen molar-refractivity contribution >= 4 is 16.1 Å². The van der Waals surface area contributed by atoms with Crippen LogP contribution in [0.3, 0.4) is 0 Å². The van der Waals surface area contributed by atoms with Gasteiger partial charge in [-0.2, -0.15) is 8.42 Å². The molecule has 0 spiro atoms. The number of carbonyl (C=O) groups is 1. The first-order valence-corrected chi connectivity index (χ1v) is 6.22. The molecule has 1 fully saturated rings. The van der Waals surface area contributed by atoms with Crippen LogP contribution in [0.1, 0.15) is 32.1 Å². The Morgan fingerprint density at radius 2 is 1.87 bits per heavy atom. The van der Waals surface area contributed by atoms with Gasteiger partial charge in [0, 0.05) is 0 Å². The van der Waals surface area contributed by atoms with Gasteiger partial charge in [-0.3, -0.25) is 4.55 Å². The second-order valence-corrected chi connectivity index (χ2v) is 4.97. The summed E-state index contributed by atoms with van der Waals surface area (Å²) in [5, 5.41) is 0. The van der Waals surface area contributed by atoms with Crippen molar-refractivity contribution < 1.29 is 26.9 Å². The van der Waals surface area contributed by atoms with Gasteiger partial charge < -0.3 is 4.74 Å². The van der Waals surface area contributed by atoms with Crippen molar-refractivity contribution in [2.24, 2.45) is 0 Å². The predicted molar refractivity (Wildman–Crippen MR) is 49.4 cm³/mol. The van der Waals surface area contributed by atoms with Crippen molar-refractivity contribution in [3.63, 3.8) is 0 Å². The van der Waals surface area contributed by atoms with E-state index in [-0.39, 0.29) is 0 Å². The van der Waals surface area contributed by atoms with E-state index < -0.39 is 27.7 Å². The minimum Gasteiger partial charge on any atom is -0.459 e. The molecule has 1 rings (SSSR count). The van der Waals surface area contributed by atoms with Gasteiger partial charge in [-0.05, 0) is 25.7 Å². The molecule has 7 heteroatoms. The van der Waals surface area contributed by atoms with Gasteiger partial charge >= 0.3 is 21.6 Å². The van der Waals surface area contributed by atoms with Crippen molar-refractivity contribution in [3.05, 3.63) is 0 Å². The summed E-state index contributed by atoms with van der Waals surface area (Å²) in [5.74, 6) is -1.52. The van der Waals surface area contributed by atoms with Crippen molar-refractivity contribution in [1.29, 1.82) is 0 Å². The number of hydrogen-bond acceptors (Lipinski definition) is 4. The third-order valence-corrected chi connectivity index (χ3v) is 3.00. The molecule has 0 aromatic rings. The zero-order chi connectivity index (χ0) is 11.5. The number of halogens is 1. The molecule has 0 heterocycles. The first-order chi connectivity index (χ1) is 6.91. The minimum absolute atomic E-state index is 0.425. The maximum atomic E-state index is 12.7. The van der Waals surface area contributed by atoms with E-state index in [4.69, 9.17) is 4.55 Å². The van der Waals surface area contributed by atoms with Crippen LogP contribution in [0.15, 0.2) is 0 Å².